The monoisotopic (exact) mass is 259 g/mol. The number of nitrogens with one attached hydrogen (secondary N) is 1. The fraction of sp³-hybridized carbons (Fsp3) is 0.647. The highest BCUT2D eigenvalue weighted by Gasteiger charge is 2.51. The Morgan fingerprint density at radius 3 is 2.05 bits per heavy atom. The van der Waals surface area contributed by atoms with Crippen molar-refractivity contribution in [3.05, 3.63) is 35.4 Å². The molecular formula is C17H25NO. The zero-order chi connectivity index (χ0) is 13.7. The first-order valence-corrected chi connectivity index (χ1v) is 7.46. The lowest BCUT2D eigenvalue weighted by Gasteiger charge is -2.40. The predicted molar refractivity (Wildman–Crippen MR) is 78.1 cm³/mol. The average Bonchev–Trinajstić information content (AvgIpc) is 2.57. The molecular weight excluding hydrogens is 234 g/mol. The van der Waals surface area contributed by atoms with Crippen LogP contribution in [-0.2, 0) is 11.0 Å². The summed E-state index contributed by atoms with van der Waals surface area (Å²) in [6.45, 7) is 8.59. The van der Waals surface area contributed by atoms with E-state index in [2.05, 4.69) is 50.4 Å². The van der Waals surface area contributed by atoms with E-state index in [-0.39, 0.29) is 5.41 Å². The van der Waals surface area contributed by atoms with Crippen LogP contribution in [0.15, 0.2) is 24.3 Å². The molecule has 2 aliphatic rings. The normalized spacial score (nSPS) is 34.5. The van der Waals surface area contributed by atoms with E-state index in [1.165, 1.54) is 5.56 Å². The summed E-state index contributed by atoms with van der Waals surface area (Å²) in [6.07, 6.45) is 2.30. The molecule has 1 aliphatic carbocycles. The van der Waals surface area contributed by atoms with Gasteiger partial charge in [0.25, 0.3) is 0 Å². The zero-order valence-corrected chi connectivity index (χ0v) is 12.2. The second kappa shape index (κ2) is 4.32. The number of fused-ring (bicyclic) bond motifs is 2. The van der Waals surface area contributed by atoms with E-state index < -0.39 is 5.60 Å². The number of hydrogen-bond acceptors (Lipinski definition) is 2. The summed E-state index contributed by atoms with van der Waals surface area (Å²) in [5.41, 5.74) is 2.03. The molecule has 2 fully saturated rings. The third-order valence-electron chi connectivity index (χ3n) is 5.10. The molecule has 1 aromatic rings. The molecule has 2 bridgehead atoms. The Hall–Kier alpha value is -0.860. The Morgan fingerprint density at radius 2 is 1.58 bits per heavy atom. The first kappa shape index (κ1) is 13.1. The Labute approximate surface area is 116 Å². The van der Waals surface area contributed by atoms with Crippen LogP contribution in [0.1, 0.15) is 44.7 Å². The van der Waals surface area contributed by atoms with Gasteiger partial charge in [-0.2, -0.15) is 0 Å². The predicted octanol–water partition coefficient (Wildman–Crippen LogP) is 2.80. The molecule has 2 nitrogen and oxygen atoms in total. The molecule has 3 atom stereocenters. The molecule has 1 aliphatic heterocycles. The summed E-state index contributed by atoms with van der Waals surface area (Å²) in [5.74, 6) is 0.762. The Morgan fingerprint density at radius 1 is 1.05 bits per heavy atom. The van der Waals surface area contributed by atoms with Crippen molar-refractivity contribution in [3.8, 4) is 0 Å². The molecule has 1 saturated carbocycles. The maximum Gasteiger partial charge on any atom is 0.0976 e. The molecule has 104 valence electrons. The number of hydrogen-bond donors (Lipinski definition) is 2. The van der Waals surface area contributed by atoms with Crippen molar-refractivity contribution in [2.24, 2.45) is 11.8 Å². The van der Waals surface area contributed by atoms with Crippen molar-refractivity contribution >= 4 is 0 Å². The number of aliphatic hydroxyl groups is 1. The van der Waals surface area contributed by atoms with Gasteiger partial charge < -0.3 is 10.4 Å². The standard InChI is InChI=1S/C17H25NO/c1-16(2,3)12-4-6-13(7-5-12)17(19)14-8-9-15(17)11-18-10-14/h4-7,14-15,18-19H,8-11H2,1-3H3/t14-,15+,17?. The van der Waals surface area contributed by atoms with Crippen LogP contribution in [0.3, 0.4) is 0 Å². The van der Waals surface area contributed by atoms with E-state index in [1.54, 1.807) is 0 Å². The number of rotatable bonds is 1. The highest BCUT2D eigenvalue weighted by molar-refractivity contribution is 5.33. The molecule has 0 amide bonds. The molecule has 0 aromatic heterocycles. The van der Waals surface area contributed by atoms with Crippen molar-refractivity contribution in [3.63, 3.8) is 0 Å². The Kier molecular flexibility index (Phi) is 2.99. The summed E-state index contributed by atoms with van der Waals surface area (Å²) in [5, 5.41) is 14.6. The highest BCUT2D eigenvalue weighted by atomic mass is 16.3. The van der Waals surface area contributed by atoms with Crippen molar-refractivity contribution < 1.29 is 5.11 Å². The van der Waals surface area contributed by atoms with Gasteiger partial charge in [0.15, 0.2) is 0 Å². The van der Waals surface area contributed by atoms with Gasteiger partial charge in [0, 0.05) is 24.9 Å². The quantitative estimate of drug-likeness (QED) is 0.813. The molecule has 1 aromatic carbocycles. The minimum atomic E-state index is -0.596. The van der Waals surface area contributed by atoms with E-state index in [0.29, 0.717) is 11.8 Å². The van der Waals surface area contributed by atoms with Gasteiger partial charge in [0.05, 0.1) is 5.60 Å². The Bertz CT molecular complexity index is 441. The molecule has 19 heavy (non-hydrogen) atoms. The first-order chi connectivity index (χ1) is 8.92. The van der Waals surface area contributed by atoms with Crippen LogP contribution in [0.2, 0.25) is 0 Å². The lowest BCUT2D eigenvalue weighted by Crippen LogP contribution is -2.50. The van der Waals surface area contributed by atoms with Gasteiger partial charge in [-0.15, -0.1) is 0 Å². The second-order valence-electron chi connectivity index (χ2n) is 7.28. The third kappa shape index (κ3) is 2.02. The summed E-state index contributed by atoms with van der Waals surface area (Å²) >= 11 is 0. The van der Waals surface area contributed by atoms with Crippen LogP contribution in [0.25, 0.3) is 0 Å². The molecule has 2 heteroatoms. The van der Waals surface area contributed by atoms with Gasteiger partial charge in [-0.25, -0.2) is 0 Å². The number of piperidine rings is 1. The van der Waals surface area contributed by atoms with Gasteiger partial charge in [0.1, 0.15) is 0 Å². The molecule has 3 rings (SSSR count). The topological polar surface area (TPSA) is 32.3 Å². The minimum absolute atomic E-state index is 0.175. The van der Waals surface area contributed by atoms with Crippen molar-refractivity contribution in [1.82, 2.24) is 5.32 Å². The van der Waals surface area contributed by atoms with Crippen LogP contribution in [-0.4, -0.2) is 18.2 Å². The van der Waals surface area contributed by atoms with Gasteiger partial charge in [0.2, 0.25) is 0 Å². The maximum absolute atomic E-state index is 11.2. The van der Waals surface area contributed by atoms with Crippen molar-refractivity contribution in [1.29, 1.82) is 0 Å². The SMILES string of the molecule is CC(C)(C)c1ccc(C2(O)[C@@H]3CC[C@H]2CNC3)cc1. The molecule has 0 radical (unpaired) electrons. The molecule has 2 N–H and O–H groups in total. The maximum atomic E-state index is 11.2. The summed E-state index contributed by atoms with van der Waals surface area (Å²) in [4.78, 5) is 0. The van der Waals surface area contributed by atoms with Gasteiger partial charge in [-0.3, -0.25) is 0 Å². The van der Waals surface area contributed by atoms with E-state index in [9.17, 15) is 5.11 Å². The van der Waals surface area contributed by atoms with Crippen molar-refractivity contribution in [2.45, 2.75) is 44.6 Å². The smallest absolute Gasteiger partial charge is 0.0976 e. The third-order valence-corrected chi connectivity index (χ3v) is 5.10. The van der Waals surface area contributed by atoms with E-state index in [1.807, 2.05) is 0 Å². The van der Waals surface area contributed by atoms with E-state index in [4.69, 9.17) is 0 Å². The van der Waals surface area contributed by atoms with Crippen LogP contribution in [0.5, 0.6) is 0 Å². The second-order valence-corrected chi connectivity index (χ2v) is 7.28. The van der Waals surface area contributed by atoms with Crippen LogP contribution < -0.4 is 5.32 Å². The van der Waals surface area contributed by atoms with Crippen LogP contribution >= 0.6 is 0 Å². The fourth-order valence-electron chi connectivity index (χ4n) is 3.83. The van der Waals surface area contributed by atoms with E-state index >= 15 is 0 Å². The van der Waals surface area contributed by atoms with Crippen LogP contribution in [0, 0.1) is 11.8 Å². The average molecular weight is 259 g/mol. The highest BCUT2D eigenvalue weighted by Crippen LogP contribution is 2.49. The van der Waals surface area contributed by atoms with Crippen molar-refractivity contribution in [2.75, 3.05) is 13.1 Å². The minimum Gasteiger partial charge on any atom is -0.384 e. The summed E-state index contributed by atoms with van der Waals surface area (Å²) in [7, 11) is 0. The van der Waals surface area contributed by atoms with Gasteiger partial charge in [-0.1, -0.05) is 45.0 Å². The summed E-state index contributed by atoms with van der Waals surface area (Å²) < 4.78 is 0. The van der Waals surface area contributed by atoms with Gasteiger partial charge in [-0.05, 0) is 29.4 Å². The lowest BCUT2D eigenvalue weighted by atomic mass is 9.75. The molecule has 1 unspecified atom stereocenters. The summed E-state index contributed by atoms with van der Waals surface area (Å²) in [6, 6.07) is 8.68. The largest absolute Gasteiger partial charge is 0.384 e. The fourth-order valence-corrected chi connectivity index (χ4v) is 3.83. The van der Waals surface area contributed by atoms with E-state index in [0.717, 1.165) is 31.5 Å². The van der Waals surface area contributed by atoms with Gasteiger partial charge >= 0.3 is 0 Å². The molecule has 1 saturated heterocycles. The lowest BCUT2D eigenvalue weighted by molar-refractivity contribution is -0.0576. The zero-order valence-electron chi connectivity index (χ0n) is 12.2. The number of benzene rings is 1. The molecule has 1 heterocycles. The molecule has 0 spiro atoms. The van der Waals surface area contributed by atoms with Crippen LogP contribution in [0.4, 0.5) is 0 Å². The first-order valence-electron chi connectivity index (χ1n) is 7.46. The Balaban J connectivity index is 1.94.